The monoisotopic (exact) mass is 635 g/mol. The maximum Gasteiger partial charge on any atom is 0.261 e. The molecule has 3 aromatic carbocycles. The van der Waals surface area contributed by atoms with Crippen molar-refractivity contribution in [2.45, 2.75) is 62.9 Å². The Kier molecular flexibility index (Phi) is 7.61. The molecule has 0 spiro atoms. The molecule has 2 saturated heterocycles. The summed E-state index contributed by atoms with van der Waals surface area (Å²) in [5, 5.41) is 16.7. The molecule has 0 radical (unpaired) electrons. The van der Waals surface area contributed by atoms with Crippen molar-refractivity contribution in [1.29, 1.82) is 0 Å². The molecule has 0 unspecified atom stereocenters. The number of carbonyl (C=O) groups excluding carboxylic acids is 1. The lowest BCUT2D eigenvalue weighted by Crippen LogP contribution is -2.68. The van der Waals surface area contributed by atoms with Gasteiger partial charge in [-0.1, -0.05) is 99.6 Å². The molecule has 4 heterocycles. The lowest BCUT2D eigenvalue weighted by Gasteiger charge is -2.45. The summed E-state index contributed by atoms with van der Waals surface area (Å²) in [5.41, 5.74) is 0.204. The predicted octanol–water partition coefficient (Wildman–Crippen LogP) is 4.07. The number of hydrogen-bond acceptors (Lipinski definition) is 8. The van der Waals surface area contributed by atoms with Gasteiger partial charge in [0.1, 0.15) is 24.1 Å². The highest BCUT2D eigenvalue weighted by Gasteiger charge is 2.67. The molecule has 5 atom stereocenters. The number of aromatic nitrogens is 4. The minimum Gasteiger partial charge on any atom is -0.404 e. The number of carbonyl (C=O) groups is 1. The van der Waals surface area contributed by atoms with Crippen molar-refractivity contribution >= 4 is 41.6 Å². The molecule has 0 aliphatic carbocycles. The van der Waals surface area contributed by atoms with Gasteiger partial charge in [-0.05, 0) is 34.5 Å². The van der Waals surface area contributed by atoms with E-state index in [-0.39, 0.29) is 23.4 Å². The smallest absolute Gasteiger partial charge is 0.261 e. The van der Waals surface area contributed by atoms with Crippen LogP contribution in [0.15, 0.2) is 104 Å². The van der Waals surface area contributed by atoms with Crippen LogP contribution in [-0.4, -0.2) is 69.4 Å². The van der Waals surface area contributed by atoms with E-state index in [0.717, 1.165) is 10.4 Å². The number of anilines is 1. The lowest BCUT2D eigenvalue weighted by molar-refractivity contribution is -0.215. The summed E-state index contributed by atoms with van der Waals surface area (Å²) in [6.45, 7) is 8.69. The summed E-state index contributed by atoms with van der Waals surface area (Å²) >= 11 is 0. The van der Waals surface area contributed by atoms with Gasteiger partial charge >= 0.3 is 0 Å². The zero-order valence-electron chi connectivity index (χ0n) is 26.2. The number of rotatable bonds is 8. The first-order valence-electron chi connectivity index (χ1n) is 15.5. The number of aliphatic hydroxyl groups is 1. The predicted molar refractivity (Wildman–Crippen MR) is 176 cm³/mol. The first-order chi connectivity index (χ1) is 22.2. The normalized spacial score (nSPS) is 24.4. The fourth-order valence-corrected chi connectivity index (χ4v) is 11.6. The van der Waals surface area contributed by atoms with E-state index in [4.69, 9.17) is 13.9 Å². The van der Waals surface area contributed by atoms with E-state index in [1.165, 1.54) is 6.33 Å². The molecule has 10 nitrogen and oxygen atoms in total. The van der Waals surface area contributed by atoms with Crippen LogP contribution in [0.4, 0.5) is 5.82 Å². The second-order valence-electron chi connectivity index (χ2n) is 13.0. The molecule has 0 saturated carbocycles. The zero-order valence-corrected chi connectivity index (χ0v) is 27.2. The Morgan fingerprint density at radius 3 is 2.17 bits per heavy atom. The van der Waals surface area contributed by atoms with Gasteiger partial charge in [0.05, 0.1) is 19.0 Å². The zero-order chi connectivity index (χ0) is 32.1. The van der Waals surface area contributed by atoms with Gasteiger partial charge < -0.3 is 24.3 Å². The van der Waals surface area contributed by atoms with Crippen molar-refractivity contribution in [3.05, 3.63) is 109 Å². The van der Waals surface area contributed by atoms with Gasteiger partial charge in [0, 0.05) is 5.56 Å². The Morgan fingerprint density at radius 1 is 0.957 bits per heavy atom. The van der Waals surface area contributed by atoms with E-state index in [0.29, 0.717) is 16.7 Å². The average molecular weight is 636 g/mol. The lowest BCUT2D eigenvalue weighted by atomic mass is 9.94. The van der Waals surface area contributed by atoms with Gasteiger partial charge in [-0.25, -0.2) is 15.0 Å². The van der Waals surface area contributed by atoms with E-state index >= 15 is 0 Å². The van der Waals surface area contributed by atoms with Crippen LogP contribution in [0.1, 0.15) is 44.3 Å². The van der Waals surface area contributed by atoms with Crippen LogP contribution >= 0.6 is 0 Å². The van der Waals surface area contributed by atoms with Crippen molar-refractivity contribution in [1.82, 2.24) is 19.5 Å². The first kappa shape index (κ1) is 30.4. The molecular formula is C35H37N5O5Si. The molecule has 46 heavy (non-hydrogen) atoms. The molecule has 2 bridgehead atoms. The molecule has 236 valence electrons. The highest BCUT2D eigenvalue weighted by molar-refractivity contribution is 6.99. The number of aliphatic hydroxyl groups excluding tert-OH is 1. The van der Waals surface area contributed by atoms with Crippen LogP contribution in [0.3, 0.4) is 0 Å². The largest absolute Gasteiger partial charge is 0.404 e. The molecule has 2 N–H and O–H groups in total. The Morgan fingerprint density at radius 2 is 1.57 bits per heavy atom. The molecule has 11 heteroatoms. The van der Waals surface area contributed by atoms with Crippen LogP contribution in [0.5, 0.6) is 0 Å². The first-order valence-corrected chi connectivity index (χ1v) is 17.4. The summed E-state index contributed by atoms with van der Waals surface area (Å²) in [6.07, 6.45) is 0.129. The fourth-order valence-electron chi connectivity index (χ4n) is 6.96. The minimum atomic E-state index is -2.93. The third kappa shape index (κ3) is 4.78. The topological polar surface area (TPSA) is 121 Å². The summed E-state index contributed by atoms with van der Waals surface area (Å²) in [4.78, 5) is 26.2. The number of imidazole rings is 1. The molecule has 2 aliphatic rings. The third-order valence-electron chi connectivity index (χ3n) is 9.31. The van der Waals surface area contributed by atoms with Gasteiger partial charge in [0.25, 0.3) is 14.2 Å². The van der Waals surface area contributed by atoms with Crippen LogP contribution < -0.4 is 15.7 Å². The number of amides is 1. The molecule has 7 rings (SSSR count). The van der Waals surface area contributed by atoms with E-state index in [1.807, 2.05) is 49.4 Å². The van der Waals surface area contributed by atoms with Gasteiger partial charge in [0.15, 0.2) is 23.2 Å². The van der Waals surface area contributed by atoms with Crippen molar-refractivity contribution in [3.63, 3.8) is 0 Å². The quantitative estimate of drug-likeness (QED) is 0.245. The van der Waals surface area contributed by atoms with Crippen LogP contribution in [0, 0.1) is 0 Å². The van der Waals surface area contributed by atoms with Crippen molar-refractivity contribution in [2.75, 3.05) is 11.9 Å². The van der Waals surface area contributed by atoms with Crippen LogP contribution in [-0.2, 0) is 13.9 Å². The van der Waals surface area contributed by atoms with E-state index in [2.05, 4.69) is 65.3 Å². The molecule has 2 aliphatic heterocycles. The number of benzene rings is 3. The Labute approximate surface area is 268 Å². The fraction of sp³-hybridized carbons (Fsp3) is 0.314. The standard InChI is InChI=1S/C35H37N5O5Si/c1-23-35(20-43-46(34(2,3)4,25-16-10-6-11-17-25)26-18-12-7-13-19-26)29(41)28(44-23)33(45-35)40-22-38-27-30(36-21-37-31(27)40)39-32(42)24-14-8-5-9-15-24/h5-19,21-23,28-29,33,41H,20H2,1-4H3,(H,36,37,39,42)/t23-,28+,29-,33+,35-/m0/s1. The third-order valence-corrected chi connectivity index (χ3v) is 14.3. The Balaban J connectivity index is 1.22. The number of ether oxygens (including phenoxy) is 2. The van der Waals surface area contributed by atoms with Gasteiger partial charge in [-0.3, -0.25) is 9.36 Å². The molecular weight excluding hydrogens is 599 g/mol. The maximum atomic E-state index is 12.9. The second-order valence-corrected chi connectivity index (χ2v) is 17.3. The second kappa shape index (κ2) is 11.5. The summed E-state index contributed by atoms with van der Waals surface area (Å²) in [7, 11) is -2.93. The number of nitrogens with zero attached hydrogens (tertiary/aromatic N) is 4. The highest BCUT2D eigenvalue weighted by Crippen LogP contribution is 2.50. The SMILES string of the molecule is C[C@@H]1O[C@H]2[C@H](n3cnc4c(NC(=O)c5ccccc5)ncnc43)O[C@]1(CO[Si](c1ccccc1)(c1ccccc1)C(C)(C)C)[C@H]2O. The minimum absolute atomic E-state index is 0.121. The maximum absolute atomic E-state index is 12.9. The van der Waals surface area contributed by atoms with E-state index in [9.17, 15) is 9.90 Å². The molecule has 1 amide bonds. The van der Waals surface area contributed by atoms with Crippen LogP contribution in [0.25, 0.3) is 11.2 Å². The molecule has 2 aromatic heterocycles. The molecule has 5 aromatic rings. The van der Waals surface area contributed by atoms with Gasteiger partial charge in [0.2, 0.25) is 0 Å². The van der Waals surface area contributed by atoms with Crippen molar-refractivity contribution in [2.24, 2.45) is 0 Å². The van der Waals surface area contributed by atoms with E-state index < -0.39 is 38.5 Å². The highest BCUT2D eigenvalue weighted by atomic mass is 28.4. The summed E-state index contributed by atoms with van der Waals surface area (Å²) in [5.74, 6) is -0.0290. The Hall–Kier alpha value is -4.26. The van der Waals surface area contributed by atoms with Gasteiger partial charge in [-0.2, -0.15) is 0 Å². The Bertz CT molecular complexity index is 1810. The van der Waals surface area contributed by atoms with Crippen molar-refractivity contribution in [3.8, 4) is 0 Å². The molecule has 2 fully saturated rings. The van der Waals surface area contributed by atoms with E-state index in [1.54, 1.807) is 35.2 Å². The van der Waals surface area contributed by atoms with Crippen LogP contribution in [0.2, 0.25) is 5.04 Å². The number of nitrogens with one attached hydrogen (secondary N) is 1. The number of hydrogen-bond donors (Lipinski definition) is 2. The van der Waals surface area contributed by atoms with Crippen molar-refractivity contribution < 1.29 is 23.8 Å². The summed E-state index contributed by atoms with van der Waals surface area (Å²) < 4.78 is 22.1. The number of fused-ring (bicyclic) bond motifs is 3. The van der Waals surface area contributed by atoms with Gasteiger partial charge in [-0.15, -0.1) is 0 Å². The summed E-state index contributed by atoms with van der Waals surface area (Å²) in [6, 6.07) is 29.7. The average Bonchev–Trinajstić information content (AvgIpc) is 3.69.